The second-order valence-corrected chi connectivity index (χ2v) is 3.99. The Balaban J connectivity index is 2.53. The summed E-state index contributed by atoms with van der Waals surface area (Å²) < 4.78 is 15.7. The smallest absolute Gasteiger partial charge is 0.344 e. The average Bonchev–Trinajstić information content (AvgIpc) is 2.46. The molecule has 0 atom stereocenters. The largest absolute Gasteiger partial charge is 0.493 e. The van der Waals surface area contributed by atoms with E-state index in [4.69, 9.17) is 13.9 Å². The minimum Gasteiger partial charge on any atom is -0.493 e. The van der Waals surface area contributed by atoms with Gasteiger partial charge in [0.25, 0.3) is 0 Å². The van der Waals surface area contributed by atoms with Crippen LogP contribution in [0.15, 0.2) is 39.7 Å². The van der Waals surface area contributed by atoms with Gasteiger partial charge in [0.2, 0.25) is 0 Å². The molecule has 96 valence electrons. The van der Waals surface area contributed by atoms with Crippen LogP contribution in [0.1, 0.15) is 0 Å². The zero-order valence-corrected chi connectivity index (χ0v) is 10.5. The molecule has 3 aromatic rings. The highest BCUT2D eigenvalue weighted by molar-refractivity contribution is 6.03. The predicted octanol–water partition coefficient (Wildman–Crippen LogP) is 2.36. The van der Waals surface area contributed by atoms with Crippen molar-refractivity contribution in [2.75, 3.05) is 14.2 Å². The van der Waals surface area contributed by atoms with E-state index in [1.165, 1.54) is 7.11 Å². The number of hydrogen-bond donors (Lipinski definition) is 0. The van der Waals surface area contributed by atoms with Crippen molar-refractivity contribution >= 4 is 21.9 Å². The molecule has 0 unspecified atom stereocenters. The van der Waals surface area contributed by atoms with Gasteiger partial charge >= 0.3 is 5.63 Å². The van der Waals surface area contributed by atoms with E-state index < -0.39 is 5.63 Å². The van der Waals surface area contributed by atoms with E-state index in [1.807, 2.05) is 0 Å². The summed E-state index contributed by atoms with van der Waals surface area (Å²) in [6, 6.07) is 6.77. The maximum absolute atomic E-state index is 12.0. The molecule has 0 bridgehead atoms. The lowest BCUT2D eigenvalue weighted by Gasteiger charge is -2.09. The molecular weight excluding hydrogens is 246 g/mol. The molecule has 0 aliphatic heterocycles. The molecule has 0 spiro atoms. The molecule has 0 radical (unpaired) electrons. The quantitative estimate of drug-likeness (QED) is 0.659. The molecule has 0 N–H and O–H groups in total. The second kappa shape index (κ2) is 4.28. The zero-order chi connectivity index (χ0) is 13.4. The Labute approximate surface area is 108 Å². The molecule has 2 heterocycles. The second-order valence-electron chi connectivity index (χ2n) is 3.99. The Hall–Kier alpha value is -2.56. The molecule has 19 heavy (non-hydrogen) atoms. The van der Waals surface area contributed by atoms with Crippen LogP contribution in [0.2, 0.25) is 0 Å². The van der Waals surface area contributed by atoms with Gasteiger partial charge in [-0.3, -0.25) is 4.98 Å². The summed E-state index contributed by atoms with van der Waals surface area (Å²) in [7, 11) is 3.06. The molecule has 2 aromatic heterocycles. The number of ether oxygens (including phenoxy) is 2. The van der Waals surface area contributed by atoms with Crippen LogP contribution in [0.5, 0.6) is 11.5 Å². The summed E-state index contributed by atoms with van der Waals surface area (Å²) in [5, 5.41) is 1.10. The third-order valence-electron chi connectivity index (χ3n) is 2.97. The Kier molecular flexibility index (Phi) is 2.59. The van der Waals surface area contributed by atoms with Gasteiger partial charge in [0, 0.05) is 11.6 Å². The predicted molar refractivity (Wildman–Crippen MR) is 70.9 cm³/mol. The minimum absolute atomic E-state index is 0.420. The fourth-order valence-corrected chi connectivity index (χ4v) is 2.07. The van der Waals surface area contributed by atoms with Crippen molar-refractivity contribution in [1.82, 2.24) is 4.98 Å². The summed E-state index contributed by atoms with van der Waals surface area (Å²) in [4.78, 5) is 16.2. The first-order valence-electron chi connectivity index (χ1n) is 5.68. The van der Waals surface area contributed by atoms with Crippen molar-refractivity contribution in [2.45, 2.75) is 0 Å². The molecule has 0 saturated carbocycles. The lowest BCUT2D eigenvalue weighted by Crippen LogP contribution is -2.02. The van der Waals surface area contributed by atoms with Gasteiger partial charge in [-0.05, 0) is 24.3 Å². The number of rotatable bonds is 2. The molecule has 1 aromatic carbocycles. The monoisotopic (exact) mass is 257 g/mol. The maximum atomic E-state index is 12.0. The van der Waals surface area contributed by atoms with E-state index in [0.29, 0.717) is 33.4 Å². The molecular formula is C14H11NO4. The Bertz CT molecular complexity index is 823. The third kappa shape index (κ3) is 1.71. The molecule has 0 aliphatic carbocycles. The van der Waals surface area contributed by atoms with Gasteiger partial charge in [-0.2, -0.15) is 0 Å². The number of hydrogen-bond acceptors (Lipinski definition) is 5. The Morgan fingerprint density at radius 1 is 1.11 bits per heavy atom. The van der Waals surface area contributed by atoms with Crippen molar-refractivity contribution in [1.29, 1.82) is 0 Å². The fourth-order valence-electron chi connectivity index (χ4n) is 2.07. The zero-order valence-electron chi connectivity index (χ0n) is 10.5. The third-order valence-corrected chi connectivity index (χ3v) is 2.97. The van der Waals surface area contributed by atoms with E-state index in [1.54, 1.807) is 37.6 Å². The summed E-state index contributed by atoms with van der Waals surface area (Å²) in [5.74, 6) is 1.03. The van der Waals surface area contributed by atoms with Crippen molar-refractivity contribution in [3.63, 3.8) is 0 Å². The number of benzene rings is 1. The van der Waals surface area contributed by atoms with Gasteiger partial charge in [-0.1, -0.05) is 0 Å². The van der Waals surface area contributed by atoms with E-state index >= 15 is 0 Å². The van der Waals surface area contributed by atoms with Crippen LogP contribution in [-0.4, -0.2) is 19.2 Å². The highest BCUT2D eigenvalue weighted by Gasteiger charge is 2.13. The SMILES string of the molecule is COc1cc2c(=O)oc3cccnc3c2cc1OC. The number of pyridine rings is 1. The van der Waals surface area contributed by atoms with Gasteiger partial charge in [0.1, 0.15) is 5.52 Å². The lowest BCUT2D eigenvalue weighted by molar-refractivity contribution is 0.355. The van der Waals surface area contributed by atoms with E-state index in [9.17, 15) is 4.79 Å². The van der Waals surface area contributed by atoms with Crippen LogP contribution in [0.3, 0.4) is 0 Å². The first-order valence-corrected chi connectivity index (χ1v) is 5.68. The van der Waals surface area contributed by atoms with Crippen molar-refractivity contribution < 1.29 is 13.9 Å². The van der Waals surface area contributed by atoms with Crippen LogP contribution < -0.4 is 15.1 Å². The average molecular weight is 257 g/mol. The topological polar surface area (TPSA) is 61.6 Å². The normalized spacial score (nSPS) is 10.8. The highest BCUT2D eigenvalue weighted by atomic mass is 16.5. The van der Waals surface area contributed by atoms with Crippen molar-refractivity contribution in [3.8, 4) is 11.5 Å². The fraction of sp³-hybridized carbons (Fsp3) is 0.143. The molecule has 5 heteroatoms. The van der Waals surface area contributed by atoms with Crippen LogP contribution in [0.25, 0.3) is 21.9 Å². The Morgan fingerprint density at radius 3 is 2.47 bits per heavy atom. The van der Waals surface area contributed by atoms with E-state index in [0.717, 1.165) is 0 Å². The lowest BCUT2D eigenvalue weighted by atomic mass is 10.1. The van der Waals surface area contributed by atoms with Crippen LogP contribution >= 0.6 is 0 Å². The first-order chi connectivity index (χ1) is 9.24. The summed E-state index contributed by atoms with van der Waals surface area (Å²) in [6.45, 7) is 0. The van der Waals surface area contributed by atoms with E-state index in [-0.39, 0.29) is 0 Å². The van der Waals surface area contributed by atoms with Gasteiger partial charge < -0.3 is 13.9 Å². The molecule has 0 aliphatic rings. The van der Waals surface area contributed by atoms with Crippen LogP contribution in [0.4, 0.5) is 0 Å². The standard InChI is InChI=1S/C14H11NO4/c1-17-11-6-8-9(7-12(11)18-2)14(16)19-10-4-3-5-15-13(8)10/h3-7H,1-2H3. The number of nitrogens with zero attached hydrogens (tertiary/aromatic N) is 1. The number of fused-ring (bicyclic) bond motifs is 3. The van der Waals surface area contributed by atoms with Gasteiger partial charge in [-0.15, -0.1) is 0 Å². The molecule has 0 saturated heterocycles. The maximum Gasteiger partial charge on any atom is 0.344 e. The van der Waals surface area contributed by atoms with Crippen LogP contribution in [-0.2, 0) is 0 Å². The van der Waals surface area contributed by atoms with Crippen LogP contribution in [0, 0.1) is 0 Å². The Morgan fingerprint density at radius 2 is 1.79 bits per heavy atom. The number of methoxy groups -OCH3 is 2. The summed E-state index contributed by atoms with van der Waals surface area (Å²) >= 11 is 0. The van der Waals surface area contributed by atoms with Gasteiger partial charge in [-0.25, -0.2) is 4.79 Å². The highest BCUT2D eigenvalue weighted by Crippen LogP contribution is 2.33. The summed E-state index contributed by atoms with van der Waals surface area (Å²) in [5.41, 5.74) is 0.654. The molecule has 3 rings (SSSR count). The first kappa shape index (κ1) is 11.5. The number of aromatic nitrogens is 1. The van der Waals surface area contributed by atoms with Crippen molar-refractivity contribution in [3.05, 3.63) is 40.9 Å². The van der Waals surface area contributed by atoms with E-state index in [2.05, 4.69) is 4.98 Å². The molecule has 0 fully saturated rings. The van der Waals surface area contributed by atoms with Crippen molar-refractivity contribution in [2.24, 2.45) is 0 Å². The minimum atomic E-state index is -0.420. The molecule has 5 nitrogen and oxygen atoms in total. The van der Waals surface area contributed by atoms with Gasteiger partial charge in [0.15, 0.2) is 17.1 Å². The van der Waals surface area contributed by atoms with Gasteiger partial charge in [0.05, 0.1) is 19.6 Å². The molecule has 0 amide bonds. The summed E-state index contributed by atoms with van der Waals surface area (Å²) in [6.07, 6.45) is 1.65.